The minimum absolute atomic E-state index is 0.00910. The molecule has 0 radical (unpaired) electrons. The van der Waals surface area contributed by atoms with Gasteiger partial charge in [0.2, 0.25) is 5.91 Å². The summed E-state index contributed by atoms with van der Waals surface area (Å²) in [6.07, 6.45) is 1.70. The van der Waals surface area contributed by atoms with Crippen molar-refractivity contribution in [2.45, 2.75) is 31.7 Å². The normalized spacial score (nSPS) is 15.3. The fourth-order valence-electron chi connectivity index (χ4n) is 2.53. The number of carbonyl (C=O) groups is 2. The van der Waals surface area contributed by atoms with Gasteiger partial charge in [-0.25, -0.2) is 9.78 Å². The number of hydrogen-bond acceptors (Lipinski definition) is 4. The number of carbonyl (C=O) groups excluding carboxylic acids is 1. The van der Waals surface area contributed by atoms with Crippen LogP contribution in [0.25, 0.3) is 0 Å². The Morgan fingerprint density at radius 1 is 1.41 bits per heavy atom. The molecule has 0 aliphatic heterocycles. The van der Waals surface area contributed by atoms with Crippen LogP contribution >= 0.6 is 11.3 Å². The van der Waals surface area contributed by atoms with Crippen LogP contribution in [-0.2, 0) is 16.8 Å². The molecular formula is C16H16N2O3S. The van der Waals surface area contributed by atoms with Crippen molar-refractivity contribution in [3.8, 4) is 0 Å². The summed E-state index contributed by atoms with van der Waals surface area (Å²) in [6.45, 7) is 2.28. The molecule has 6 heteroatoms. The number of carboxylic acids is 1. The molecule has 0 bridgehead atoms. The predicted octanol–water partition coefficient (Wildman–Crippen LogP) is 2.50. The Morgan fingerprint density at radius 3 is 2.77 bits per heavy atom. The van der Waals surface area contributed by atoms with E-state index in [1.807, 2.05) is 25.1 Å². The summed E-state index contributed by atoms with van der Waals surface area (Å²) in [5, 5.41) is 13.8. The second-order valence-corrected chi connectivity index (χ2v) is 6.51. The standard InChI is InChI=1S/C16H16N2O3S/c1-10-3-2-4-11(7-10)16(5-6-16)15(21)17-8-13-18-12(9-22-13)14(19)20/h2-4,7,9H,5-6,8H2,1H3,(H,17,21)(H,19,20). The molecule has 1 aliphatic carbocycles. The van der Waals surface area contributed by atoms with E-state index in [0.29, 0.717) is 5.01 Å². The van der Waals surface area contributed by atoms with E-state index < -0.39 is 11.4 Å². The third-order valence-electron chi connectivity index (χ3n) is 3.93. The first-order chi connectivity index (χ1) is 10.5. The molecule has 1 aliphatic rings. The van der Waals surface area contributed by atoms with Crippen molar-refractivity contribution in [1.29, 1.82) is 0 Å². The van der Waals surface area contributed by atoms with Crippen LogP contribution < -0.4 is 5.32 Å². The molecule has 1 fully saturated rings. The zero-order chi connectivity index (χ0) is 15.7. The molecule has 22 heavy (non-hydrogen) atoms. The second-order valence-electron chi connectivity index (χ2n) is 5.57. The zero-order valence-electron chi connectivity index (χ0n) is 12.1. The van der Waals surface area contributed by atoms with Gasteiger partial charge >= 0.3 is 5.97 Å². The molecule has 5 nitrogen and oxygen atoms in total. The van der Waals surface area contributed by atoms with E-state index in [1.165, 1.54) is 16.7 Å². The minimum atomic E-state index is -1.05. The number of thiazole rings is 1. The summed E-state index contributed by atoms with van der Waals surface area (Å²) in [7, 11) is 0. The summed E-state index contributed by atoms with van der Waals surface area (Å²) < 4.78 is 0. The van der Waals surface area contributed by atoms with Gasteiger partial charge in [0.1, 0.15) is 5.01 Å². The van der Waals surface area contributed by atoms with Gasteiger partial charge in [0.15, 0.2) is 5.69 Å². The highest BCUT2D eigenvalue weighted by molar-refractivity contribution is 7.09. The summed E-state index contributed by atoms with van der Waals surface area (Å²) in [6, 6.07) is 8.03. The molecule has 114 valence electrons. The number of nitrogens with one attached hydrogen (secondary N) is 1. The number of benzene rings is 1. The lowest BCUT2D eigenvalue weighted by molar-refractivity contribution is -0.123. The summed E-state index contributed by atoms with van der Waals surface area (Å²) in [4.78, 5) is 27.3. The monoisotopic (exact) mass is 316 g/mol. The highest BCUT2D eigenvalue weighted by Crippen LogP contribution is 2.48. The van der Waals surface area contributed by atoms with E-state index >= 15 is 0 Å². The van der Waals surface area contributed by atoms with Crippen molar-refractivity contribution in [3.05, 3.63) is 51.5 Å². The molecule has 0 spiro atoms. The van der Waals surface area contributed by atoms with Gasteiger partial charge < -0.3 is 10.4 Å². The summed E-state index contributed by atoms with van der Waals surface area (Å²) in [5.74, 6) is -1.06. The molecule has 2 N–H and O–H groups in total. The van der Waals surface area contributed by atoms with Crippen LogP contribution in [0.15, 0.2) is 29.6 Å². The molecular weight excluding hydrogens is 300 g/mol. The van der Waals surface area contributed by atoms with E-state index in [9.17, 15) is 9.59 Å². The van der Waals surface area contributed by atoms with Crippen LogP contribution in [0, 0.1) is 6.92 Å². The number of aromatic carboxylic acids is 1. The molecule has 1 amide bonds. The van der Waals surface area contributed by atoms with Crippen LogP contribution in [0.2, 0.25) is 0 Å². The average molecular weight is 316 g/mol. The Bertz CT molecular complexity index is 734. The van der Waals surface area contributed by atoms with Crippen LogP contribution in [0.3, 0.4) is 0 Å². The number of nitrogens with zero attached hydrogens (tertiary/aromatic N) is 1. The minimum Gasteiger partial charge on any atom is -0.476 e. The molecule has 0 unspecified atom stereocenters. The quantitative estimate of drug-likeness (QED) is 0.888. The second kappa shape index (κ2) is 5.53. The highest BCUT2D eigenvalue weighted by atomic mass is 32.1. The lowest BCUT2D eigenvalue weighted by atomic mass is 9.93. The average Bonchev–Trinajstić information content (AvgIpc) is 3.16. The zero-order valence-corrected chi connectivity index (χ0v) is 12.9. The lowest BCUT2D eigenvalue weighted by Gasteiger charge is -2.15. The van der Waals surface area contributed by atoms with E-state index in [1.54, 1.807) is 0 Å². The molecule has 1 aromatic carbocycles. The van der Waals surface area contributed by atoms with Gasteiger partial charge in [-0.3, -0.25) is 4.79 Å². The largest absolute Gasteiger partial charge is 0.476 e. The van der Waals surface area contributed by atoms with Gasteiger partial charge in [-0.1, -0.05) is 29.8 Å². The van der Waals surface area contributed by atoms with E-state index in [-0.39, 0.29) is 18.1 Å². The third kappa shape index (κ3) is 2.74. The Hall–Kier alpha value is -2.21. The molecule has 0 saturated heterocycles. The van der Waals surface area contributed by atoms with Crippen molar-refractivity contribution >= 4 is 23.2 Å². The van der Waals surface area contributed by atoms with Gasteiger partial charge in [-0.2, -0.15) is 0 Å². The number of aryl methyl sites for hydroxylation is 1. The van der Waals surface area contributed by atoms with Gasteiger partial charge in [-0.15, -0.1) is 11.3 Å². The predicted molar refractivity (Wildman–Crippen MR) is 83.0 cm³/mol. The Balaban J connectivity index is 1.68. The van der Waals surface area contributed by atoms with Crippen molar-refractivity contribution < 1.29 is 14.7 Å². The van der Waals surface area contributed by atoms with E-state index in [2.05, 4.69) is 16.4 Å². The number of aromatic nitrogens is 1. The van der Waals surface area contributed by atoms with Crippen molar-refractivity contribution in [1.82, 2.24) is 10.3 Å². The van der Waals surface area contributed by atoms with E-state index in [0.717, 1.165) is 24.0 Å². The fraction of sp³-hybridized carbons (Fsp3) is 0.312. The van der Waals surface area contributed by atoms with Gasteiger partial charge in [-0.05, 0) is 25.3 Å². The van der Waals surface area contributed by atoms with Gasteiger partial charge in [0, 0.05) is 5.38 Å². The number of amides is 1. The SMILES string of the molecule is Cc1cccc(C2(C(=O)NCc3nc(C(=O)O)cs3)CC2)c1. The highest BCUT2D eigenvalue weighted by Gasteiger charge is 2.51. The Kier molecular flexibility index (Phi) is 3.70. The first-order valence-corrected chi connectivity index (χ1v) is 7.92. The van der Waals surface area contributed by atoms with Crippen LogP contribution in [0.1, 0.15) is 39.5 Å². The first kappa shape index (κ1) is 14.7. The van der Waals surface area contributed by atoms with Crippen LogP contribution in [0.4, 0.5) is 0 Å². The Morgan fingerprint density at radius 2 is 2.18 bits per heavy atom. The third-order valence-corrected chi connectivity index (χ3v) is 4.78. The molecule has 1 heterocycles. The smallest absolute Gasteiger partial charge is 0.355 e. The molecule has 1 saturated carbocycles. The van der Waals surface area contributed by atoms with E-state index in [4.69, 9.17) is 5.11 Å². The van der Waals surface area contributed by atoms with Crippen molar-refractivity contribution in [2.24, 2.45) is 0 Å². The topological polar surface area (TPSA) is 79.3 Å². The summed E-state index contributed by atoms with van der Waals surface area (Å²) in [5.41, 5.74) is 1.80. The maximum Gasteiger partial charge on any atom is 0.355 e. The summed E-state index contributed by atoms with van der Waals surface area (Å²) >= 11 is 1.24. The van der Waals surface area contributed by atoms with Crippen molar-refractivity contribution in [3.63, 3.8) is 0 Å². The molecule has 2 aromatic rings. The van der Waals surface area contributed by atoms with Gasteiger partial charge in [0.25, 0.3) is 0 Å². The number of rotatable bonds is 5. The Labute approximate surface area is 132 Å². The first-order valence-electron chi connectivity index (χ1n) is 7.04. The fourth-order valence-corrected chi connectivity index (χ4v) is 3.24. The van der Waals surface area contributed by atoms with Crippen LogP contribution in [-0.4, -0.2) is 22.0 Å². The van der Waals surface area contributed by atoms with Crippen LogP contribution in [0.5, 0.6) is 0 Å². The molecule has 0 atom stereocenters. The maximum absolute atomic E-state index is 12.5. The van der Waals surface area contributed by atoms with Gasteiger partial charge in [0.05, 0.1) is 12.0 Å². The lowest BCUT2D eigenvalue weighted by Crippen LogP contribution is -2.34. The maximum atomic E-state index is 12.5. The number of hydrogen-bond donors (Lipinski definition) is 2. The number of carboxylic acid groups (broad SMARTS) is 1. The molecule has 1 aromatic heterocycles. The molecule has 3 rings (SSSR count). The van der Waals surface area contributed by atoms with Crippen molar-refractivity contribution in [2.75, 3.05) is 0 Å².